The maximum Gasteiger partial charge on any atom is 0.173 e. The number of nitrogens with zero attached hydrogens (tertiary/aromatic N) is 3. The monoisotopic (exact) mass is 415 g/mol. The summed E-state index contributed by atoms with van der Waals surface area (Å²) in [4.78, 5) is 15.2. The van der Waals surface area contributed by atoms with E-state index in [4.69, 9.17) is 9.97 Å². The molecule has 4 heterocycles. The average molecular weight is 416 g/mol. The lowest BCUT2D eigenvalue weighted by atomic mass is 10.2. The van der Waals surface area contributed by atoms with Gasteiger partial charge in [0, 0.05) is 22.4 Å². The lowest BCUT2D eigenvalue weighted by molar-refractivity contribution is 0.397. The van der Waals surface area contributed by atoms with Crippen LogP contribution < -0.4 is 10.9 Å². The summed E-state index contributed by atoms with van der Waals surface area (Å²) < 4.78 is 0. The summed E-state index contributed by atoms with van der Waals surface area (Å²) in [7, 11) is 4.18. The van der Waals surface area contributed by atoms with Gasteiger partial charge in [-0.25, -0.2) is 15.4 Å². The first-order valence-corrected chi connectivity index (χ1v) is 11.4. The number of rotatable bonds is 8. The molecular formula is C19H21N5S3. The van der Waals surface area contributed by atoms with Crippen molar-refractivity contribution in [3.63, 3.8) is 0 Å². The van der Waals surface area contributed by atoms with E-state index < -0.39 is 0 Å². The highest BCUT2D eigenvalue weighted by Crippen LogP contribution is 2.40. The minimum Gasteiger partial charge on any atom is -0.309 e. The molecular weight excluding hydrogens is 394 g/mol. The SMILES string of the molecule is CN(C)CCCNNc1nc(-c2cccs2)nc2scc(-c3cccs3)c12. The molecule has 0 bridgehead atoms. The van der Waals surface area contributed by atoms with Crippen LogP contribution in [0.2, 0.25) is 0 Å². The zero-order valence-electron chi connectivity index (χ0n) is 15.2. The molecule has 0 aliphatic heterocycles. The van der Waals surface area contributed by atoms with Gasteiger partial charge in [-0.15, -0.1) is 34.0 Å². The number of fused-ring (bicyclic) bond motifs is 1. The summed E-state index contributed by atoms with van der Waals surface area (Å²) in [5, 5.41) is 7.43. The Morgan fingerprint density at radius 1 is 1.00 bits per heavy atom. The first-order chi connectivity index (χ1) is 13.2. The normalized spacial score (nSPS) is 11.5. The largest absolute Gasteiger partial charge is 0.309 e. The Kier molecular flexibility index (Phi) is 5.80. The van der Waals surface area contributed by atoms with Gasteiger partial charge in [-0.05, 0) is 50.0 Å². The standard InChI is InChI=1S/C19H21N5S3/c1-24(2)9-5-8-20-23-18-16-13(14-6-3-10-25-14)12-27-19(16)22-17(21-18)15-7-4-11-26-15/h3-4,6-7,10-12,20H,5,8-9H2,1-2H3,(H,21,22,23). The molecule has 2 N–H and O–H groups in total. The summed E-state index contributed by atoms with van der Waals surface area (Å²) in [5.74, 6) is 1.62. The van der Waals surface area contributed by atoms with Crippen molar-refractivity contribution in [2.75, 3.05) is 32.6 Å². The van der Waals surface area contributed by atoms with E-state index >= 15 is 0 Å². The summed E-state index contributed by atoms with van der Waals surface area (Å²) in [6.45, 7) is 1.92. The van der Waals surface area contributed by atoms with Gasteiger partial charge >= 0.3 is 0 Å². The van der Waals surface area contributed by atoms with Gasteiger partial charge in [-0.2, -0.15) is 0 Å². The van der Waals surface area contributed by atoms with Crippen LogP contribution in [0, 0.1) is 0 Å². The molecule has 0 spiro atoms. The van der Waals surface area contributed by atoms with Gasteiger partial charge in [-0.1, -0.05) is 12.1 Å². The number of hydrazine groups is 1. The molecule has 0 aliphatic rings. The number of thiophene rings is 3. The van der Waals surface area contributed by atoms with Crippen LogP contribution in [0.15, 0.2) is 40.4 Å². The van der Waals surface area contributed by atoms with Crippen LogP contribution in [-0.4, -0.2) is 42.1 Å². The maximum atomic E-state index is 4.85. The molecule has 4 aromatic rings. The summed E-state index contributed by atoms with van der Waals surface area (Å²) in [6.07, 6.45) is 1.06. The molecule has 0 saturated carbocycles. The van der Waals surface area contributed by atoms with Gasteiger partial charge in [0.1, 0.15) is 4.83 Å². The highest BCUT2D eigenvalue weighted by molar-refractivity contribution is 7.18. The van der Waals surface area contributed by atoms with Crippen LogP contribution in [0.5, 0.6) is 0 Å². The predicted molar refractivity (Wildman–Crippen MR) is 119 cm³/mol. The molecule has 0 unspecified atom stereocenters. The molecule has 27 heavy (non-hydrogen) atoms. The van der Waals surface area contributed by atoms with Gasteiger partial charge in [0.05, 0.1) is 10.3 Å². The number of anilines is 1. The summed E-state index contributed by atoms with van der Waals surface area (Å²) in [5.41, 5.74) is 7.87. The molecule has 0 amide bonds. The van der Waals surface area contributed by atoms with Gasteiger partial charge in [0.15, 0.2) is 11.6 Å². The summed E-state index contributed by atoms with van der Waals surface area (Å²) in [6, 6.07) is 8.32. The van der Waals surface area contributed by atoms with E-state index in [0.29, 0.717) is 0 Å². The molecule has 0 aliphatic carbocycles. The fraction of sp³-hybridized carbons (Fsp3) is 0.263. The first-order valence-electron chi connectivity index (χ1n) is 8.73. The molecule has 140 valence electrons. The second kappa shape index (κ2) is 8.45. The van der Waals surface area contributed by atoms with Gasteiger partial charge in [0.2, 0.25) is 0 Å². The van der Waals surface area contributed by atoms with E-state index in [1.807, 2.05) is 6.07 Å². The highest BCUT2D eigenvalue weighted by Gasteiger charge is 2.17. The highest BCUT2D eigenvalue weighted by atomic mass is 32.1. The Morgan fingerprint density at radius 3 is 2.48 bits per heavy atom. The van der Waals surface area contributed by atoms with Crippen LogP contribution >= 0.6 is 34.0 Å². The van der Waals surface area contributed by atoms with Crippen molar-refractivity contribution in [1.82, 2.24) is 20.3 Å². The molecule has 0 fully saturated rings. The van der Waals surface area contributed by atoms with Crippen LogP contribution in [0.4, 0.5) is 5.82 Å². The average Bonchev–Trinajstić information content (AvgIpc) is 3.40. The topological polar surface area (TPSA) is 53.1 Å². The van der Waals surface area contributed by atoms with Gasteiger partial charge in [-0.3, -0.25) is 0 Å². The van der Waals surface area contributed by atoms with E-state index in [9.17, 15) is 0 Å². The Balaban J connectivity index is 1.67. The Morgan fingerprint density at radius 2 is 1.78 bits per heavy atom. The van der Waals surface area contributed by atoms with Crippen molar-refractivity contribution in [2.24, 2.45) is 0 Å². The fourth-order valence-electron chi connectivity index (χ4n) is 2.79. The van der Waals surface area contributed by atoms with Crippen molar-refractivity contribution < 1.29 is 0 Å². The molecule has 0 radical (unpaired) electrons. The summed E-state index contributed by atoms with van der Waals surface area (Å²) >= 11 is 5.07. The minimum absolute atomic E-state index is 0.773. The molecule has 0 atom stereocenters. The van der Waals surface area contributed by atoms with E-state index in [1.165, 1.54) is 10.4 Å². The Labute approximate surface area is 170 Å². The number of aromatic nitrogens is 2. The van der Waals surface area contributed by atoms with Crippen LogP contribution in [0.1, 0.15) is 6.42 Å². The minimum atomic E-state index is 0.773. The molecule has 4 aromatic heterocycles. The van der Waals surface area contributed by atoms with Crippen LogP contribution in [0.3, 0.4) is 0 Å². The third-order valence-corrected chi connectivity index (χ3v) is 6.72. The fourth-order valence-corrected chi connectivity index (χ4v) is 5.21. The van der Waals surface area contributed by atoms with Gasteiger partial charge < -0.3 is 10.3 Å². The third kappa shape index (κ3) is 4.20. The van der Waals surface area contributed by atoms with Crippen molar-refractivity contribution in [3.8, 4) is 21.1 Å². The van der Waals surface area contributed by atoms with E-state index in [2.05, 4.69) is 64.2 Å². The quantitative estimate of drug-likeness (QED) is 0.313. The van der Waals surface area contributed by atoms with Crippen LogP contribution in [-0.2, 0) is 0 Å². The van der Waals surface area contributed by atoms with Gasteiger partial charge in [0.25, 0.3) is 0 Å². The van der Waals surface area contributed by atoms with E-state index in [0.717, 1.165) is 46.2 Å². The van der Waals surface area contributed by atoms with Crippen molar-refractivity contribution in [1.29, 1.82) is 0 Å². The predicted octanol–water partition coefficient (Wildman–Crippen LogP) is 5.02. The van der Waals surface area contributed by atoms with Crippen molar-refractivity contribution >= 4 is 50.0 Å². The second-order valence-corrected chi connectivity index (χ2v) is 9.14. The lowest BCUT2D eigenvalue weighted by Crippen LogP contribution is -2.26. The molecule has 5 nitrogen and oxygen atoms in total. The molecule has 4 rings (SSSR count). The molecule has 0 saturated heterocycles. The maximum absolute atomic E-state index is 4.85. The second-order valence-electron chi connectivity index (χ2n) is 6.39. The number of nitrogens with one attached hydrogen (secondary N) is 2. The third-order valence-electron chi connectivity index (χ3n) is 4.08. The lowest BCUT2D eigenvalue weighted by Gasteiger charge is -2.12. The van der Waals surface area contributed by atoms with Crippen molar-refractivity contribution in [2.45, 2.75) is 6.42 Å². The molecule has 8 heteroatoms. The van der Waals surface area contributed by atoms with Crippen molar-refractivity contribution in [3.05, 3.63) is 40.4 Å². The number of hydrogen-bond donors (Lipinski definition) is 2. The zero-order valence-corrected chi connectivity index (χ0v) is 17.7. The van der Waals surface area contributed by atoms with Crippen LogP contribution in [0.25, 0.3) is 31.4 Å². The van der Waals surface area contributed by atoms with E-state index in [-0.39, 0.29) is 0 Å². The number of hydrogen-bond acceptors (Lipinski definition) is 8. The molecule has 0 aromatic carbocycles. The Hall–Kier alpha value is -1.84. The Bertz CT molecular complexity index is 990. The van der Waals surface area contributed by atoms with E-state index in [1.54, 1.807) is 34.0 Å². The first kappa shape index (κ1) is 18.5. The smallest absolute Gasteiger partial charge is 0.173 e. The zero-order chi connectivity index (χ0) is 18.6.